The van der Waals surface area contributed by atoms with Crippen molar-refractivity contribution in [3.8, 4) is 0 Å². The van der Waals surface area contributed by atoms with Crippen LogP contribution in [0.2, 0.25) is 0 Å². The second-order valence-corrected chi connectivity index (χ2v) is 1.89. The standard InChI is InChI=1S/C5H9NO/c7-4-5-1-2-6-3-5/h4-6H,1-3H2. The fraction of sp³-hybridized carbons (Fsp3) is 0.800. The maximum Gasteiger partial charge on any atom is 0.124 e. The molecule has 40 valence electrons. The molecular formula is C5H9NO. The van der Waals surface area contributed by atoms with Crippen LogP contribution < -0.4 is 5.32 Å². The van der Waals surface area contributed by atoms with Gasteiger partial charge >= 0.3 is 0 Å². The summed E-state index contributed by atoms with van der Waals surface area (Å²) in [6.45, 7) is 1.91. The highest BCUT2D eigenvalue weighted by Gasteiger charge is 2.11. The summed E-state index contributed by atoms with van der Waals surface area (Å²) in [6.07, 6.45) is 2.06. The molecule has 0 aromatic heterocycles. The van der Waals surface area contributed by atoms with E-state index < -0.39 is 0 Å². The van der Waals surface area contributed by atoms with Gasteiger partial charge in [-0.25, -0.2) is 0 Å². The lowest BCUT2D eigenvalue weighted by Gasteiger charge is -1.89. The first-order valence-corrected chi connectivity index (χ1v) is 2.59. The molecule has 1 atom stereocenters. The van der Waals surface area contributed by atoms with Gasteiger partial charge in [0.1, 0.15) is 6.29 Å². The molecular weight excluding hydrogens is 90.1 g/mol. The monoisotopic (exact) mass is 99.1 g/mol. The SMILES string of the molecule is O=CC1CCNC1. The summed E-state index contributed by atoms with van der Waals surface area (Å²) in [5.41, 5.74) is 0. The topological polar surface area (TPSA) is 29.1 Å². The third-order valence-corrected chi connectivity index (χ3v) is 1.29. The van der Waals surface area contributed by atoms with Gasteiger partial charge in [-0.2, -0.15) is 0 Å². The van der Waals surface area contributed by atoms with E-state index in [-0.39, 0.29) is 0 Å². The Labute approximate surface area is 42.9 Å². The predicted molar refractivity (Wildman–Crippen MR) is 27.0 cm³/mol. The van der Waals surface area contributed by atoms with Crippen LogP contribution in [0.15, 0.2) is 0 Å². The highest BCUT2D eigenvalue weighted by Crippen LogP contribution is 2.01. The minimum Gasteiger partial charge on any atom is -0.316 e. The van der Waals surface area contributed by atoms with Crippen LogP contribution in [0.5, 0.6) is 0 Å². The molecule has 2 heteroatoms. The lowest BCUT2D eigenvalue weighted by atomic mass is 10.2. The number of rotatable bonds is 1. The third-order valence-electron chi connectivity index (χ3n) is 1.29. The molecule has 1 N–H and O–H groups in total. The largest absolute Gasteiger partial charge is 0.316 e. The first-order chi connectivity index (χ1) is 3.43. The van der Waals surface area contributed by atoms with E-state index >= 15 is 0 Å². The zero-order valence-corrected chi connectivity index (χ0v) is 4.18. The van der Waals surface area contributed by atoms with Crippen LogP contribution in [0.4, 0.5) is 0 Å². The molecule has 1 aliphatic rings. The average Bonchev–Trinajstić information content (AvgIpc) is 2.14. The summed E-state index contributed by atoms with van der Waals surface area (Å²) in [5, 5.41) is 3.09. The normalized spacial score (nSPS) is 30.6. The number of carbonyl (C=O) groups is 1. The zero-order valence-electron chi connectivity index (χ0n) is 4.18. The highest BCUT2D eigenvalue weighted by molar-refractivity contribution is 5.54. The smallest absolute Gasteiger partial charge is 0.124 e. The molecule has 0 amide bonds. The Morgan fingerprint density at radius 3 is 2.86 bits per heavy atom. The summed E-state index contributed by atoms with van der Waals surface area (Å²) < 4.78 is 0. The summed E-state index contributed by atoms with van der Waals surface area (Å²) in [4.78, 5) is 9.97. The Bertz CT molecular complexity index is 66.5. The van der Waals surface area contributed by atoms with Crippen molar-refractivity contribution in [1.29, 1.82) is 0 Å². The Morgan fingerprint density at radius 1 is 1.71 bits per heavy atom. The second kappa shape index (κ2) is 2.07. The van der Waals surface area contributed by atoms with Gasteiger partial charge in [-0.15, -0.1) is 0 Å². The highest BCUT2D eigenvalue weighted by atomic mass is 16.1. The van der Waals surface area contributed by atoms with Crippen LogP contribution >= 0.6 is 0 Å². The van der Waals surface area contributed by atoms with E-state index in [0.717, 1.165) is 25.8 Å². The van der Waals surface area contributed by atoms with Crippen molar-refractivity contribution in [2.45, 2.75) is 6.42 Å². The molecule has 1 unspecified atom stereocenters. The summed E-state index contributed by atoms with van der Waals surface area (Å²) >= 11 is 0. The Kier molecular flexibility index (Phi) is 1.42. The van der Waals surface area contributed by atoms with E-state index in [2.05, 4.69) is 5.32 Å². The van der Waals surface area contributed by atoms with Crippen LogP contribution in [0.25, 0.3) is 0 Å². The molecule has 1 fully saturated rings. The quantitative estimate of drug-likeness (QED) is 0.461. The first kappa shape index (κ1) is 4.78. The Balaban J connectivity index is 2.26. The third kappa shape index (κ3) is 0.996. The molecule has 1 saturated heterocycles. The maximum absolute atomic E-state index is 9.97. The summed E-state index contributed by atoms with van der Waals surface area (Å²) in [7, 11) is 0. The Morgan fingerprint density at radius 2 is 2.57 bits per heavy atom. The molecule has 0 saturated carbocycles. The van der Waals surface area contributed by atoms with Crippen molar-refractivity contribution < 1.29 is 4.79 Å². The van der Waals surface area contributed by atoms with Gasteiger partial charge in [0.25, 0.3) is 0 Å². The fourth-order valence-corrected chi connectivity index (χ4v) is 0.793. The summed E-state index contributed by atoms with van der Waals surface area (Å²) in [5.74, 6) is 0.306. The zero-order chi connectivity index (χ0) is 5.11. The van der Waals surface area contributed by atoms with Crippen LogP contribution in [-0.4, -0.2) is 19.4 Å². The number of hydrogen-bond donors (Lipinski definition) is 1. The molecule has 7 heavy (non-hydrogen) atoms. The van der Waals surface area contributed by atoms with Crippen molar-refractivity contribution in [1.82, 2.24) is 5.32 Å². The van der Waals surface area contributed by atoms with Gasteiger partial charge in [0, 0.05) is 12.5 Å². The lowest BCUT2D eigenvalue weighted by molar-refractivity contribution is -0.110. The molecule has 0 radical (unpaired) electrons. The molecule has 0 aromatic rings. The van der Waals surface area contributed by atoms with Gasteiger partial charge in [-0.1, -0.05) is 0 Å². The van der Waals surface area contributed by atoms with Gasteiger partial charge in [0.2, 0.25) is 0 Å². The van der Waals surface area contributed by atoms with Crippen molar-refractivity contribution in [2.24, 2.45) is 5.92 Å². The van der Waals surface area contributed by atoms with Gasteiger partial charge < -0.3 is 10.1 Å². The first-order valence-electron chi connectivity index (χ1n) is 2.59. The fourth-order valence-electron chi connectivity index (χ4n) is 0.793. The number of hydrogen-bond acceptors (Lipinski definition) is 2. The average molecular weight is 99.1 g/mol. The minimum atomic E-state index is 0.306. The molecule has 1 aliphatic heterocycles. The van der Waals surface area contributed by atoms with Crippen LogP contribution in [0, 0.1) is 5.92 Å². The van der Waals surface area contributed by atoms with E-state index in [1.807, 2.05) is 0 Å². The molecule has 1 rings (SSSR count). The molecule has 0 aliphatic carbocycles. The van der Waals surface area contributed by atoms with E-state index in [1.54, 1.807) is 0 Å². The molecule has 2 nitrogen and oxygen atoms in total. The van der Waals surface area contributed by atoms with Crippen molar-refractivity contribution in [3.63, 3.8) is 0 Å². The lowest BCUT2D eigenvalue weighted by Crippen LogP contribution is -2.09. The van der Waals surface area contributed by atoms with Crippen molar-refractivity contribution in [3.05, 3.63) is 0 Å². The Hall–Kier alpha value is -0.370. The minimum absolute atomic E-state index is 0.306. The number of carbonyl (C=O) groups excluding carboxylic acids is 1. The van der Waals surface area contributed by atoms with E-state index in [1.165, 1.54) is 0 Å². The van der Waals surface area contributed by atoms with Crippen LogP contribution in [0.1, 0.15) is 6.42 Å². The second-order valence-electron chi connectivity index (χ2n) is 1.89. The number of nitrogens with one attached hydrogen (secondary N) is 1. The van der Waals surface area contributed by atoms with Gasteiger partial charge in [0.15, 0.2) is 0 Å². The van der Waals surface area contributed by atoms with E-state index in [4.69, 9.17) is 0 Å². The van der Waals surface area contributed by atoms with Crippen molar-refractivity contribution in [2.75, 3.05) is 13.1 Å². The van der Waals surface area contributed by atoms with Crippen LogP contribution in [-0.2, 0) is 4.79 Å². The molecule has 0 bridgehead atoms. The number of aldehydes is 1. The van der Waals surface area contributed by atoms with Crippen molar-refractivity contribution >= 4 is 6.29 Å². The van der Waals surface area contributed by atoms with E-state index in [0.29, 0.717) is 5.92 Å². The maximum atomic E-state index is 9.97. The van der Waals surface area contributed by atoms with E-state index in [9.17, 15) is 4.79 Å². The predicted octanol–water partition coefficient (Wildman–Crippen LogP) is -0.205. The van der Waals surface area contributed by atoms with Crippen LogP contribution in [0.3, 0.4) is 0 Å². The van der Waals surface area contributed by atoms with Gasteiger partial charge in [-0.05, 0) is 13.0 Å². The summed E-state index contributed by atoms with van der Waals surface area (Å²) in [6, 6.07) is 0. The van der Waals surface area contributed by atoms with Gasteiger partial charge in [-0.3, -0.25) is 0 Å². The van der Waals surface area contributed by atoms with Gasteiger partial charge in [0.05, 0.1) is 0 Å². The molecule has 1 heterocycles. The molecule has 0 aromatic carbocycles. The molecule has 0 spiro atoms.